The topological polar surface area (TPSA) is 99.0 Å². The maximum Gasteiger partial charge on any atom is 0.348 e. The Hall–Kier alpha value is -2.28. The number of non-ortho nitro benzene ring substituents is 1. The predicted molar refractivity (Wildman–Crippen MR) is 58.1 cm³/mol. The first-order chi connectivity index (χ1) is 8.51. The molecule has 7 heteroatoms. The van der Waals surface area contributed by atoms with E-state index in [2.05, 4.69) is 4.74 Å². The summed E-state index contributed by atoms with van der Waals surface area (Å²) in [6.07, 6.45) is 0. The summed E-state index contributed by atoms with van der Waals surface area (Å²) >= 11 is 0. The lowest BCUT2D eigenvalue weighted by Gasteiger charge is -2.07. The highest BCUT2D eigenvalue weighted by molar-refractivity contribution is 6.17. The zero-order valence-corrected chi connectivity index (χ0v) is 9.41. The summed E-state index contributed by atoms with van der Waals surface area (Å²) in [7, 11) is 1.15. The molecule has 0 N–H and O–H groups in total. The number of nitro groups is 1. The summed E-state index contributed by atoms with van der Waals surface area (Å²) in [5.41, 5.74) is -1.79. The Bertz CT molecular complexity index is 534. The molecule has 0 saturated carbocycles. The fraction of sp³-hybridized carbons (Fsp3) is 0.273. The molecule has 1 saturated heterocycles. The first-order valence-corrected chi connectivity index (χ1v) is 5.03. The minimum absolute atomic E-state index is 0.0482. The van der Waals surface area contributed by atoms with Crippen molar-refractivity contribution < 1.29 is 24.0 Å². The van der Waals surface area contributed by atoms with E-state index >= 15 is 0 Å². The van der Waals surface area contributed by atoms with Crippen LogP contribution in [0.1, 0.15) is 10.4 Å². The van der Waals surface area contributed by atoms with Gasteiger partial charge in [0.1, 0.15) is 0 Å². The van der Waals surface area contributed by atoms with Crippen molar-refractivity contribution in [2.45, 2.75) is 5.60 Å². The molecule has 94 valence electrons. The third-order valence-corrected chi connectivity index (χ3v) is 2.63. The van der Waals surface area contributed by atoms with Crippen molar-refractivity contribution >= 4 is 17.4 Å². The smallest absolute Gasteiger partial charge is 0.348 e. The molecule has 1 aliphatic heterocycles. The van der Waals surface area contributed by atoms with Crippen molar-refractivity contribution in [3.05, 3.63) is 39.9 Å². The second-order valence-corrected chi connectivity index (χ2v) is 3.74. The Balaban J connectivity index is 2.32. The van der Waals surface area contributed by atoms with Crippen LogP contribution in [-0.2, 0) is 14.3 Å². The Labute approximate surface area is 101 Å². The Morgan fingerprint density at radius 1 is 1.50 bits per heavy atom. The fourth-order valence-corrected chi connectivity index (χ4v) is 1.57. The summed E-state index contributed by atoms with van der Waals surface area (Å²) in [6, 6.07) is 5.13. The molecule has 0 amide bonds. The molecule has 1 aromatic carbocycles. The summed E-state index contributed by atoms with van der Waals surface area (Å²) < 4.78 is 9.35. The molecule has 7 nitrogen and oxygen atoms in total. The van der Waals surface area contributed by atoms with Gasteiger partial charge in [0.15, 0.2) is 0 Å². The molecular formula is C11H9NO6. The third kappa shape index (κ3) is 1.84. The number of epoxide rings is 1. The SMILES string of the molecule is COC(=O)C1(C(=O)c2cccc([N+](=O)[O-])c2)CO1. The first-order valence-electron chi connectivity index (χ1n) is 5.03. The predicted octanol–water partition coefficient (Wildman–Crippen LogP) is 0.719. The number of nitrogens with zero attached hydrogens (tertiary/aromatic N) is 1. The van der Waals surface area contributed by atoms with Gasteiger partial charge in [-0.2, -0.15) is 0 Å². The number of rotatable bonds is 4. The highest BCUT2D eigenvalue weighted by atomic mass is 16.6. The Kier molecular flexibility index (Phi) is 2.84. The molecule has 0 aromatic heterocycles. The molecule has 0 spiro atoms. The standard InChI is InChI=1S/C11H9NO6/c1-17-10(14)11(6-18-11)9(13)7-3-2-4-8(5-7)12(15)16/h2-5H,6H2,1H3. The molecule has 1 heterocycles. The number of ether oxygens (including phenoxy) is 2. The molecule has 2 rings (SSSR count). The van der Waals surface area contributed by atoms with Crippen molar-refractivity contribution in [3.63, 3.8) is 0 Å². The van der Waals surface area contributed by atoms with Gasteiger partial charge in [0.05, 0.1) is 18.6 Å². The number of nitro benzene ring substituents is 1. The van der Waals surface area contributed by atoms with Crippen molar-refractivity contribution in [1.82, 2.24) is 0 Å². The van der Waals surface area contributed by atoms with E-state index in [1.807, 2.05) is 0 Å². The number of esters is 1. The lowest BCUT2D eigenvalue weighted by molar-refractivity contribution is -0.384. The van der Waals surface area contributed by atoms with Gasteiger partial charge in [0.2, 0.25) is 5.78 Å². The van der Waals surface area contributed by atoms with Gasteiger partial charge in [-0.3, -0.25) is 14.9 Å². The van der Waals surface area contributed by atoms with E-state index in [-0.39, 0.29) is 17.9 Å². The largest absolute Gasteiger partial charge is 0.466 e. The minimum Gasteiger partial charge on any atom is -0.466 e. The molecule has 1 unspecified atom stereocenters. The van der Waals surface area contributed by atoms with Gasteiger partial charge >= 0.3 is 5.97 Å². The van der Waals surface area contributed by atoms with Gasteiger partial charge in [0, 0.05) is 17.7 Å². The number of benzene rings is 1. The van der Waals surface area contributed by atoms with Gasteiger partial charge in [-0.15, -0.1) is 0 Å². The Morgan fingerprint density at radius 2 is 2.17 bits per heavy atom. The highest BCUT2D eigenvalue weighted by Crippen LogP contribution is 2.33. The van der Waals surface area contributed by atoms with E-state index in [1.165, 1.54) is 18.2 Å². The fourth-order valence-electron chi connectivity index (χ4n) is 1.57. The zero-order valence-electron chi connectivity index (χ0n) is 9.41. The molecule has 0 bridgehead atoms. The second-order valence-electron chi connectivity index (χ2n) is 3.74. The molecular weight excluding hydrogens is 242 g/mol. The van der Waals surface area contributed by atoms with E-state index < -0.39 is 22.3 Å². The monoisotopic (exact) mass is 251 g/mol. The summed E-state index contributed by atoms with van der Waals surface area (Å²) in [6.45, 7) is -0.0683. The second kappa shape index (κ2) is 4.19. The van der Waals surface area contributed by atoms with Crippen molar-refractivity contribution in [2.24, 2.45) is 0 Å². The quantitative estimate of drug-likeness (QED) is 0.195. The van der Waals surface area contributed by atoms with Crippen LogP contribution in [0.2, 0.25) is 0 Å². The van der Waals surface area contributed by atoms with Crippen LogP contribution in [0.25, 0.3) is 0 Å². The minimum atomic E-state index is -1.62. The summed E-state index contributed by atoms with van der Waals surface area (Å²) in [5.74, 6) is -1.42. The van der Waals surface area contributed by atoms with Crippen LogP contribution < -0.4 is 0 Å². The van der Waals surface area contributed by atoms with Crippen molar-refractivity contribution in [1.29, 1.82) is 0 Å². The average Bonchev–Trinajstić information content (AvgIpc) is 3.18. The molecule has 1 atom stereocenters. The number of methoxy groups -OCH3 is 1. The number of ketones is 1. The Morgan fingerprint density at radius 3 is 2.67 bits per heavy atom. The number of carbonyl (C=O) groups is 2. The molecule has 1 aromatic rings. The molecule has 18 heavy (non-hydrogen) atoms. The van der Waals surface area contributed by atoms with Crippen molar-refractivity contribution in [3.8, 4) is 0 Å². The summed E-state index contributed by atoms with van der Waals surface area (Å²) in [5, 5.41) is 10.6. The summed E-state index contributed by atoms with van der Waals surface area (Å²) in [4.78, 5) is 33.5. The number of hydrogen-bond donors (Lipinski definition) is 0. The molecule has 1 aliphatic rings. The van der Waals surface area contributed by atoms with Crippen LogP contribution >= 0.6 is 0 Å². The van der Waals surface area contributed by atoms with E-state index in [0.717, 1.165) is 13.2 Å². The van der Waals surface area contributed by atoms with Crippen LogP contribution in [0.4, 0.5) is 5.69 Å². The van der Waals surface area contributed by atoms with Crippen LogP contribution in [0.15, 0.2) is 24.3 Å². The van der Waals surface area contributed by atoms with Crippen LogP contribution in [0, 0.1) is 10.1 Å². The van der Waals surface area contributed by atoms with E-state index in [0.29, 0.717) is 0 Å². The van der Waals surface area contributed by atoms with Gasteiger partial charge in [-0.05, 0) is 0 Å². The molecule has 0 aliphatic carbocycles. The number of carbonyl (C=O) groups excluding carboxylic acids is 2. The first kappa shape index (κ1) is 12.2. The van der Waals surface area contributed by atoms with E-state index in [4.69, 9.17) is 4.74 Å². The van der Waals surface area contributed by atoms with E-state index in [1.54, 1.807) is 0 Å². The molecule has 1 fully saturated rings. The van der Waals surface area contributed by atoms with Crippen LogP contribution in [-0.4, -0.2) is 36.0 Å². The van der Waals surface area contributed by atoms with E-state index in [9.17, 15) is 19.7 Å². The lowest BCUT2D eigenvalue weighted by atomic mass is 9.98. The normalized spacial score (nSPS) is 21.2. The van der Waals surface area contributed by atoms with Gasteiger partial charge < -0.3 is 9.47 Å². The number of Topliss-reactive ketones (excluding diaryl/α,β-unsaturated/α-hetero) is 1. The highest BCUT2D eigenvalue weighted by Gasteiger charge is 2.60. The molecule has 0 radical (unpaired) electrons. The van der Waals surface area contributed by atoms with Crippen LogP contribution in [0.3, 0.4) is 0 Å². The van der Waals surface area contributed by atoms with Gasteiger partial charge in [-0.1, -0.05) is 12.1 Å². The zero-order chi connectivity index (χ0) is 13.3. The van der Waals surface area contributed by atoms with Crippen LogP contribution in [0.5, 0.6) is 0 Å². The van der Waals surface area contributed by atoms with Gasteiger partial charge in [0.25, 0.3) is 11.3 Å². The average molecular weight is 251 g/mol. The lowest BCUT2D eigenvalue weighted by Crippen LogP contribution is -2.35. The maximum atomic E-state index is 12.1. The third-order valence-electron chi connectivity index (χ3n) is 2.63. The van der Waals surface area contributed by atoms with Crippen molar-refractivity contribution in [2.75, 3.05) is 13.7 Å². The maximum absolute atomic E-state index is 12.1. The number of hydrogen-bond acceptors (Lipinski definition) is 6. The van der Waals surface area contributed by atoms with Gasteiger partial charge in [-0.25, -0.2) is 4.79 Å².